The maximum atomic E-state index is 12.2. The fraction of sp³-hybridized carbons (Fsp3) is 0.538. The Bertz CT molecular complexity index is 605. The molecule has 0 bridgehead atoms. The van der Waals surface area contributed by atoms with Gasteiger partial charge < -0.3 is 15.6 Å². The van der Waals surface area contributed by atoms with Crippen LogP contribution >= 0.6 is 11.3 Å². The van der Waals surface area contributed by atoms with Crippen molar-refractivity contribution in [2.45, 2.75) is 39.2 Å². The molecule has 0 saturated carbocycles. The highest BCUT2D eigenvalue weighted by molar-refractivity contribution is 7.15. The molecule has 21 heavy (non-hydrogen) atoms. The number of carbonyl (C=O) groups excluding carboxylic acids is 1. The highest BCUT2D eigenvalue weighted by Gasteiger charge is 2.18. The molecule has 0 radical (unpaired) electrons. The highest BCUT2D eigenvalue weighted by Crippen LogP contribution is 2.17. The lowest BCUT2D eigenvalue weighted by atomic mass is 10.2. The van der Waals surface area contributed by atoms with Crippen LogP contribution in [0.4, 0.5) is 5.13 Å². The number of carbonyl (C=O) groups is 1. The predicted octanol–water partition coefficient (Wildman–Crippen LogP) is 1.36. The van der Waals surface area contributed by atoms with Crippen LogP contribution in [0.2, 0.25) is 0 Å². The maximum absolute atomic E-state index is 12.2. The Morgan fingerprint density at radius 3 is 2.81 bits per heavy atom. The molecule has 114 valence electrons. The van der Waals surface area contributed by atoms with Crippen LogP contribution in [0, 0.1) is 0 Å². The van der Waals surface area contributed by atoms with Crippen LogP contribution < -0.4 is 11.1 Å². The Kier molecular flexibility index (Phi) is 4.89. The third-order valence-corrected chi connectivity index (χ3v) is 3.94. The second kappa shape index (κ2) is 6.66. The van der Waals surface area contributed by atoms with Gasteiger partial charge in [-0.25, -0.2) is 4.98 Å². The first-order valence-corrected chi connectivity index (χ1v) is 7.69. The summed E-state index contributed by atoms with van der Waals surface area (Å²) in [4.78, 5) is 16.5. The molecule has 0 aliphatic rings. The molecule has 2 aromatic heterocycles. The summed E-state index contributed by atoms with van der Waals surface area (Å²) in [6.07, 6.45) is 4.20. The van der Waals surface area contributed by atoms with E-state index in [1.54, 1.807) is 6.20 Å². The number of nitrogens with zero attached hydrogens (tertiary/aromatic N) is 4. The highest BCUT2D eigenvalue weighted by atomic mass is 32.1. The molecule has 0 aromatic carbocycles. The number of rotatable bonds is 6. The van der Waals surface area contributed by atoms with Crippen molar-refractivity contribution in [3.05, 3.63) is 23.2 Å². The molecule has 0 aliphatic carbocycles. The van der Waals surface area contributed by atoms with Gasteiger partial charge in [-0.15, -0.1) is 10.2 Å². The minimum atomic E-state index is -0.288. The number of nitrogen functional groups attached to an aromatic ring is 1. The number of aromatic nitrogens is 4. The average molecular weight is 308 g/mol. The summed E-state index contributed by atoms with van der Waals surface area (Å²) in [5.74, 6) is 1.15. The number of anilines is 1. The van der Waals surface area contributed by atoms with Crippen LogP contribution in [-0.2, 0) is 11.2 Å². The van der Waals surface area contributed by atoms with Crippen molar-refractivity contribution >= 4 is 22.4 Å². The van der Waals surface area contributed by atoms with Gasteiger partial charge in [-0.2, -0.15) is 0 Å². The molecular formula is C13H20N6OS. The molecule has 0 saturated heterocycles. The minimum Gasteiger partial charge on any atom is -0.374 e. The van der Waals surface area contributed by atoms with Crippen molar-refractivity contribution in [2.75, 3.05) is 12.3 Å². The zero-order chi connectivity index (χ0) is 15.4. The fourth-order valence-electron chi connectivity index (χ4n) is 2.03. The van der Waals surface area contributed by atoms with E-state index in [0.717, 1.165) is 10.8 Å². The van der Waals surface area contributed by atoms with E-state index >= 15 is 0 Å². The van der Waals surface area contributed by atoms with Crippen molar-refractivity contribution in [2.24, 2.45) is 0 Å². The summed E-state index contributed by atoms with van der Waals surface area (Å²) in [6, 6.07) is -0.288. The van der Waals surface area contributed by atoms with Gasteiger partial charge in [-0.3, -0.25) is 4.79 Å². The van der Waals surface area contributed by atoms with Gasteiger partial charge in [0.15, 0.2) is 0 Å². The van der Waals surface area contributed by atoms with E-state index in [2.05, 4.69) is 34.3 Å². The third-order valence-electron chi connectivity index (χ3n) is 3.13. The Hall–Kier alpha value is -1.96. The van der Waals surface area contributed by atoms with Crippen molar-refractivity contribution in [1.82, 2.24) is 25.1 Å². The maximum Gasteiger partial charge on any atom is 0.242 e. The van der Waals surface area contributed by atoms with Gasteiger partial charge in [-0.05, 0) is 6.92 Å². The van der Waals surface area contributed by atoms with Gasteiger partial charge in [0.2, 0.25) is 11.0 Å². The molecule has 2 rings (SSSR count). The molecule has 2 aromatic rings. The zero-order valence-electron chi connectivity index (χ0n) is 12.4. The molecule has 3 N–H and O–H groups in total. The van der Waals surface area contributed by atoms with Gasteiger partial charge in [0.25, 0.3) is 0 Å². The summed E-state index contributed by atoms with van der Waals surface area (Å²) in [7, 11) is 0. The molecule has 0 aliphatic heterocycles. The summed E-state index contributed by atoms with van der Waals surface area (Å²) in [6.45, 7) is 6.50. The quantitative estimate of drug-likeness (QED) is 0.839. The number of nitrogens with two attached hydrogens (primary N) is 1. The molecule has 2 heterocycles. The van der Waals surface area contributed by atoms with Crippen LogP contribution in [0.5, 0.6) is 0 Å². The summed E-state index contributed by atoms with van der Waals surface area (Å²) in [5, 5.41) is 11.8. The normalized spacial score (nSPS) is 12.6. The van der Waals surface area contributed by atoms with Crippen LogP contribution in [0.15, 0.2) is 12.4 Å². The Labute approximate surface area is 127 Å². The number of hydrogen-bond acceptors (Lipinski definition) is 6. The monoisotopic (exact) mass is 308 g/mol. The van der Waals surface area contributed by atoms with E-state index < -0.39 is 0 Å². The van der Waals surface area contributed by atoms with Gasteiger partial charge >= 0.3 is 0 Å². The Balaban J connectivity index is 1.89. The van der Waals surface area contributed by atoms with Crippen molar-refractivity contribution in [3.8, 4) is 0 Å². The van der Waals surface area contributed by atoms with E-state index in [9.17, 15) is 4.79 Å². The lowest BCUT2D eigenvalue weighted by molar-refractivity contribution is -0.123. The molecule has 0 unspecified atom stereocenters. The molecule has 0 spiro atoms. The number of nitrogens with one attached hydrogen (secondary N) is 1. The smallest absolute Gasteiger partial charge is 0.242 e. The average Bonchev–Trinajstić information content (AvgIpc) is 3.06. The first-order chi connectivity index (χ1) is 9.99. The van der Waals surface area contributed by atoms with E-state index in [1.807, 2.05) is 17.7 Å². The Morgan fingerprint density at radius 2 is 2.19 bits per heavy atom. The lowest BCUT2D eigenvalue weighted by Gasteiger charge is -2.17. The third kappa shape index (κ3) is 3.78. The molecule has 1 amide bonds. The van der Waals surface area contributed by atoms with E-state index in [-0.39, 0.29) is 17.9 Å². The van der Waals surface area contributed by atoms with Gasteiger partial charge in [-0.1, -0.05) is 25.2 Å². The zero-order valence-corrected chi connectivity index (χ0v) is 13.2. The summed E-state index contributed by atoms with van der Waals surface area (Å²) >= 11 is 1.34. The van der Waals surface area contributed by atoms with Gasteiger partial charge in [0.05, 0.1) is 0 Å². The second-order valence-electron chi connectivity index (χ2n) is 5.10. The summed E-state index contributed by atoms with van der Waals surface area (Å²) in [5.41, 5.74) is 5.51. The molecule has 8 heteroatoms. The molecule has 7 nitrogen and oxygen atoms in total. The van der Waals surface area contributed by atoms with E-state index in [0.29, 0.717) is 18.1 Å². The molecular weight excluding hydrogens is 288 g/mol. The first kappa shape index (κ1) is 15.4. The van der Waals surface area contributed by atoms with Crippen LogP contribution in [0.1, 0.15) is 43.6 Å². The fourth-order valence-corrected chi connectivity index (χ4v) is 2.64. The number of imidazole rings is 1. The number of amides is 1. The largest absolute Gasteiger partial charge is 0.374 e. The molecule has 0 fully saturated rings. The standard InChI is InChI=1S/C13H20N6OS/c1-8(2)11-15-6-7-19(11)9(3)12(20)16-5-4-10-17-18-13(14)21-10/h6-9H,4-5H2,1-3H3,(H2,14,18)(H,16,20)/t9-/m0/s1. The van der Waals surface area contributed by atoms with Crippen LogP contribution in [-0.4, -0.2) is 32.2 Å². The predicted molar refractivity (Wildman–Crippen MR) is 82.1 cm³/mol. The number of hydrogen-bond donors (Lipinski definition) is 2. The second-order valence-corrected chi connectivity index (χ2v) is 6.19. The van der Waals surface area contributed by atoms with Gasteiger partial charge in [0, 0.05) is 31.3 Å². The summed E-state index contributed by atoms with van der Waals surface area (Å²) < 4.78 is 1.91. The van der Waals surface area contributed by atoms with Crippen LogP contribution in [0.25, 0.3) is 0 Å². The lowest BCUT2D eigenvalue weighted by Crippen LogP contribution is -2.33. The minimum absolute atomic E-state index is 0.0348. The van der Waals surface area contributed by atoms with Crippen LogP contribution in [0.3, 0.4) is 0 Å². The van der Waals surface area contributed by atoms with Crippen molar-refractivity contribution in [1.29, 1.82) is 0 Å². The Morgan fingerprint density at radius 1 is 1.43 bits per heavy atom. The van der Waals surface area contributed by atoms with E-state index in [4.69, 9.17) is 5.73 Å². The first-order valence-electron chi connectivity index (χ1n) is 6.87. The van der Waals surface area contributed by atoms with Gasteiger partial charge in [0.1, 0.15) is 16.9 Å². The van der Waals surface area contributed by atoms with Crippen molar-refractivity contribution in [3.63, 3.8) is 0 Å². The van der Waals surface area contributed by atoms with E-state index in [1.165, 1.54) is 11.3 Å². The molecule has 1 atom stereocenters. The topological polar surface area (TPSA) is 98.7 Å². The van der Waals surface area contributed by atoms with Crippen molar-refractivity contribution < 1.29 is 4.79 Å². The SMILES string of the molecule is CC(C)c1nccn1[C@@H](C)C(=O)NCCc1nnc(N)s1.